The largest absolute Gasteiger partial charge is 0.359 e. The Bertz CT molecular complexity index is 325. The van der Waals surface area contributed by atoms with Crippen molar-refractivity contribution in [3.63, 3.8) is 0 Å². The number of rotatable bonds is 3. The topological polar surface area (TPSA) is 29.1 Å². The third-order valence-electron chi connectivity index (χ3n) is 2.19. The lowest BCUT2D eigenvalue weighted by Crippen LogP contribution is -2.19. The average molecular weight is 212 g/mol. The molecule has 0 saturated heterocycles. The van der Waals surface area contributed by atoms with Crippen molar-refractivity contribution in [2.75, 3.05) is 7.05 Å². The lowest BCUT2D eigenvalue weighted by molar-refractivity contribution is -0.120. The summed E-state index contributed by atoms with van der Waals surface area (Å²) in [5, 5.41) is 3.32. The molecule has 0 heterocycles. The molecule has 0 saturated carbocycles. The Morgan fingerprint density at radius 2 is 2.29 bits per heavy atom. The molecule has 1 amide bonds. The van der Waals surface area contributed by atoms with Gasteiger partial charge in [0.1, 0.15) is 0 Å². The van der Waals surface area contributed by atoms with Crippen LogP contribution < -0.4 is 5.32 Å². The maximum absolute atomic E-state index is 11.1. The van der Waals surface area contributed by atoms with Crippen LogP contribution in [0.4, 0.5) is 0 Å². The SMILES string of the molecule is CNC(=O)CC(C)c1cccc(Cl)c1. The summed E-state index contributed by atoms with van der Waals surface area (Å²) < 4.78 is 0. The minimum absolute atomic E-state index is 0.0532. The van der Waals surface area contributed by atoms with Crippen molar-refractivity contribution < 1.29 is 4.79 Å². The molecule has 76 valence electrons. The Morgan fingerprint density at radius 3 is 2.86 bits per heavy atom. The highest BCUT2D eigenvalue weighted by molar-refractivity contribution is 6.30. The van der Waals surface area contributed by atoms with E-state index in [-0.39, 0.29) is 11.8 Å². The molecule has 0 aromatic heterocycles. The van der Waals surface area contributed by atoms with Gasteiger partial charge in [0.2, 0.25) is 5.91 Å². The van der Waals surface area contributed by atoms with Crippen molar-refractivity contribution in [2.24, 2.45) is 0 Å². The van der Waals surface area contributed by atoms with E-state index < -0.39 is 0 Å². The van der Waals surface area contributed by atoms with E-state index in [0.717, 1.165) is 5.56 Å². The molecule has 0 bridgehead atoms. The van der Waals surface area contributed by atoms with Gasteiger partial charge in [-0.25, -0.2) is 0 Å². The van der Waals surface area contributed by atoms with Gasteiger partial charge in [-0.05, 0) is 23.6 Å². The summed E-state index contributed by atoms with van der Waals surface area (Å²) >= 11 is 5.86. The average Bonchev–Trinajstić information content (AvgIpc) is 2.17. The molecule has 0 aliphatic rings. The Balaban J connectivity index is 2.69. The number of hydrogen-bond donors (Lipinski definition) is 1. The van der Waals surface area contributed by atoms with Gasteiger partial charge in [0.15, 0.2) is 0 Å². The van der Waals surface area contributed by atoms with E-state index in [1.807, 2.05) is 31.2 Å². The van der Waals surface area contributed by atoms with Crippen LogP contribution in [0.3, 0.4) is 0 Å². The van der Waals surface area contributed by atoms with Gasteiger partial charge in [0, 0.05) is 18.5 Å². The normalized spacial score (nSPS) is 12.2. The number of benzene rings is 1. The first-order chi connectivity index (χ1) is 6.63. The number of nitrogens with one attached hydrogen (secondary N) is 1. The maximum atomic E-state index is 11.1. The van der Waals surface area contributed by atoms with Gasteiger partial charge in [-0.1, -0.05) is 30.7 Å². The van der Waals surface area contributed by atoms with Gasteiger partial charge < -0.3 is 5.32 Å². The van der Waals surface area contributed by atoms with Crippen LogP contribution in [0, 0.1) is 0 Å². The maximum Gasteiger partial charge on any atom is 0.220 e. The molecule has 0 aliphatic carbocycles. The van der Waals surface area contributed by atoms with Crippen molar-refractivity contribution in [1.29, 1.82) is 0 Å². The van der Waals surface area contributed by atoms with E-state index in [1.54, 1.807) is 7.05 Å². The molecule has 1 unspecified atom stereocenters. The summed E-state index contributed by atoms with van der Waals surface area (Å²) in [6.07, 6.45) is 0.497. The Labute approximate surface area is 89.3 Å². The third kappa shape index (κ3) is 3.04. The number of hydrogen-bond acceptors (Lipinski definition) is 1. The predicted octanol–water partition coefficient (Wildman–Crippen LogP) is 2.58. The van der Waals surface area contributed by atoms with Crippen LogP contribution in [-0.4, -0.2) is 13.0 Å². The monoisotopic (exact) mass is 211 g/mol. The summed E-state index contributed by atoms with van der Waals surface area (Å²) in [4.78, 5) is 11.1. The van der Waals surface area contributed by atoms with Gasteiger partial charge in [0.25, 0.3) is 0 Å². The molecule has 0 fully saturated rings. The van der Waals surface area contributed by atoms with Crippen molar-refractivity contribution in [3.8, 4) is 0 Å². The summed E-state index contributed by atoms with van der Waals surface area (Å²) in [7, 11) is 1.65. The van der Waals surface area contributed by atoms with E-state index in [1.165, 1.54) is 0 Å². The first-order valence-corrected chi connectivity index (χ1v) is 4.97. The molecule has 1 aromatic rings. The number of halogens is 1. The number of amides is 1. The van der Waals surface area contributed by atoms with Crippen molar-refractivity contribution in [1.82, 2.24) is 5.32 Å². The highest BCUT2D eigenvalue weighted by Gasteiger charge is 2.09. The van der Waals surface area contributed by atoms with E-state index in [2.05, 4.69) is 5.32 Å². The summed E-state index contributed by atoms with van der Waals surface area (Å²) in [5.74, 6) is 0.256. The van der Waals surface area contributed by atoms with Gasteiger partial charge in [-0.15, -0.1) is 0 Å². The molecule has 2 nitrogen and oxygen atoms in total. The van der Waals surface area contributed by atoms with Crippen molar-refractivity contribution in [2.45, 2.75) is 19.3 Å². The van der Waals surface area contributed by atoms with E-state index in [0.29, 0.717) is 11.4 Å². The van der Waals surface area contributed by atoms with E-state index in [9.17, 15) is 4.79 Å². The van der Waals surface area contributed by atoms with Crippen LogP contribution >= 0.6 is 11.6 Å². The second kappa shape index (κ2) is 5.01. The molecule has 1 atom stereocenters. The fraction of sp³-hybridized carbons (Fsp3) is 0.364. The molecule has 1 rings (SSSR count). The van der Waals surface area contributed by atoms with Crippen LogP contribution in [0.15, 0.2) is 24.3 Å². The summed E-state index contributed by atoms with van der Waals surface area (Å²) in [6, 6.07) is 7.62. The molecule has 0 aliphatic heterocycles. The van der Waals surface area contributed by atoms with Gasteiger partial charge in [-0.3, -0.25) is 4.79 Å². The van der Waals surface area contributed by atoms with Crippen LogP contribution in [0.1, 0.15) is 24.8 Å². The molecule has 1 aromatic carbocycles. The van der Waals surface area contributed by atoms with Crippen LogP contribution in [-0.2, 0) is 4.79 Å². The molecule has 14 heavy (non-hydrogen) atoms. The fourth-order valence-electron chi connectivity index (χ4n) is 1.31. The molecule has 0 radical (unpaired) electrons. The predicted molar refractivity (Wildman–Crippen MR) is 58.6 cm³/mol. The standard InChI is InChI=1S/C11H14ClNO/c1-8(6-11(14)13-2)9-4-3-5-10(12)7-9/h3-5,7-8H,6H2,1-2H3,(H,13,14). The third-order valence-corrected chi connectivity index (χ3v) is 2.42. The lowest BCUT2D eigenvalue weighted by Gasteiger charge is -2.10. The van der Waals surface area contributed by atoms with E-state index >= 15 is 0 Å². The molecular weight excluding hydrogens is 198 g/mol. The van der Waals surface area contributed by atoms with Crippen LogP contribution in [0.5, 0.6) is 0 Å². The zero-order chi connectivity index (χ0) is 10.6. The minimum Gasteiger partial charge on any atom is -0.359 e. The highest BCUT2D eigenvalue weighted by Crippen LogP contribution is 2.21. The van der Waals surface area contributed by atoms with Gasteiger partial charge >= 0.3 is 0 Å². The number of carbonyl (C=O) groups excluding carboxylic acids is 1. The van der Waals surface area contributed by atoms with Crippen LogP contribution in [0.25, 0.3) is 0 Å². The quantitative estimate of drug-likeness (QED) is 0.818. The van der Waals surface area contributed by atoms with Crippen LogP contribution in [0.2, 0.25) is 5.02 Å². The summed E-state index contributed by atoms with van der Waals surface area (Å²) in [6.45, 7) is 2.01. The Morgan fingerprint density at radius 1 is 1.57 bits per heavy atom. The highest BCUT2D eigenvalue weighted by atomic mass is 35.5. The van der Waals surface area contributed by atoms with Crippen molar-refractivity contribution >= 4 is 17.5 Å². The van der Waals surface area contributed by atoms with Gasteiger partial charge in [0.05, 0.1) is 0 Å². The fourth-order valence-corrected chi connectivity index (χ4v) is 1.51. The Kier molecular flexibility index (Phi) is 3.96. The molecule has 3 heteroatoms. The second-order valence-electron chi connectivity index (χ2n) is 3.33. The number of carbonyl (C=O) groups is 1. The molecule has 1 N–H and O–H groups in total. The second-order valence-corrected chi connectivity index (χ2v) is 3.77. The smallest absolute Gasteiger partial charge is 0.220 e. The van der Waals surface area contributed by atoms with Gasteiger partial charge in [-0.2, -0.15) is 0 Å². The first-order valence-electron chi connectivity index (χ1n) is 4.59. The summed E-state index contributed by atoms with van der Waals surface area (Å²) in [5.41, 5.74) is 1.10. The lowest BCUT2D eigenvalue weighted by atomic mass is 9.98. The molecule has 0 spiro atoms. The first kappa shape index (κ1) is 11.1. The van der Waals surface area contributed by atoms with E-state index in [4.69, 9.17) is 11.6 Å². The minimum atomic E-state index is 0.0532. The zero-order valence-corrected chi connectivity index (χ0v) is 9.14. The zero-order valence-electron chi connectivity index (χ0n) is 8.38. The van der Waals surface area contributed by atoms with Crippen molar-refractivity contribution in [3.05, 3.63) is 34.9 Å². The molecular formula is C11H14ClNO. The Hall–Kier alpha value is -1.02.